The van der Waals surface area contributed by atoms with E-state index >= 15 is 0 Å². The van der Waals surface area contributed by atoms with Crippen LogP contribution in [0.3, 0.4) is 0 Å². The number of ether oxygens (including phenoxy) is 1. The molecule has 1 saturated carbocycles. The lowest BCUT2D eigenvalue weighted by molar-refractivity contribution is -0.235. The molecule has 0 spiro atoms. The van der Waals surface area contributed by atoms with Crippen molar-refractivity contribution in [2.45, 2.75) is 32.0 Å². The Hall–Kier alpha value is -4.07. The van der Waals surface area contributed by atoms with Crippen molar-refractivity contribution in [1.82, 2.24) is 25.0 Å². The molecule has 194 valence electrons. The molecule has 3 aromatic heterocycles. The Balaban J connectivity index is 1.46. The summed E-state index contributed by atoms with van der Waals surface area (Å²) in [7, 11) is 1.51. The van der Waals surface area contributed by atoms with Crippen molar-refractivity contribution in [3.8, 4) is 11.4 Å². The zero-order valence-corrected chi connectivity index (χ0v) is 20.1. The maximum absolute atomic E-state index is 13.4. The number of Topliss-reactive ketones (excluding diaryl/α,β-unsaturated/α-hetero) is 1. The predicted octanol–water partition coefficient (Wildman–Crippen LogP) is 4.09. The molecule has 1 atom stereocenters. The molecule has 15 heteroatoms. The average Bonchev–Trinajstić information content (AvgIpc) is 3.16. The number of alkyl halides is 3. The standard InChI is InChI=1S/C22H19ClF3N7O4/c1-11(14-4-3-7-27-17(14)23)37-20(36)30-18-16(31-32-33(18)2)15-6-5-12(10-28-15)29-19(35)21(22(24,25)26)8-13(34)9-21/h3-7,10-11H,8-9H2,1-2H3,(H,29,35)(H,30,36)/t11-/m1/s1. The number of carbonyl (C=O) groups excluding carboxylic acids is 3. The Labute approximate surface area is 212 Å². The van der Waals surface area contributed by atoms with Crippen LogP contribution in [0, 0.1) is 5.41 Å². The largest absolute Gasteiger partial charge is 0.441 e. The summed E-state index contributed by atoms with van der Waals surface area (Å²) < 4.78 is 46.9. The van der Waals surface area contributed by atoms with E-state index < -0.39 is 48.3 Å². The van der Waals surface area contributed by atoms with Gasteiger partial charge in [-0.1, -0.05) is 22.9 Å². The fourth-order valence-corrected chi connectivity index (χ4v) is 3.96. The normalized spacial score (nSPS) is 15.5. The molecule has 0 aliphatic heterocycles. The van der Waals surface area contributed by atoms with E-state index in [4.69, 9.17) is 16.3 Å². The molecule has 11 nitrogen and oxygen atoms in total. The van der Waals surface area contributed by atoms with Gasteiger partial charge in [0, 0.05) is 31.6 Å². The van der Waals surface area contributed by atoms with Gasteiger partial charge >= 0.3 is 12.3 Å². The van der Waals surface area contributed by atoms with Gasteiger partial charge in [-0.3, -0.25) is 19.9 Å². The Morgan fingerprint density at radius 2 is 1.92 bits per heavy atom. The fourth-order valence-electron chi connectivity index (χ4n) is 3.69. The van der Waals surface area contributed by atoms with Crippen LogP contribution >= 0.6 is 11.6 Å². The van der Waals surface area contributed by atoms with E-state index in [-0.39, 0.29) is 28.0 Å². The van der Waals surface area contributed by atoms with E-state index in [1.54, 1.807) is 19.1 Å². The number of nitrogens with one attached hydrogen (secondary N) is 2. The summed E-state index contributed by atoms with van der Waals surface area (Å²) in [4.78, 5) is 44.1. The number of halogens is 4. The van der Waals surface area contributed by atoms with E-state index in [2.05, 4.69) is 30.9 Å². The van der Waals surface area contributed by atoms with Crippen LogP contribution in [-0.4, -0.2) is 48.9 Å². The van der Waals surface area contributed by atoms with Gasteiger partial charge in [0.15, 0.2) is 16.9 Å². The Kier molecular flexibility index (Phi) is 6.86. The van der Waals surface area contributed by atoms with Gasteiger partial charge in [0.05, 0.1) is 17.6 Å². The lowest BCUT2D eigenvalue weighted by Gasteiger charge is -2.39. The van der Waals surface area contributed by atoms with Crippen molar-refractivity contribution in [2.24, 2.45) is 12.5 Å². The number of nitrogens with zero attached hydrogens (tertiary/aromatic N) is 5. The first kappa shape index (κ1) is 26.0. The maximum Gasteiger partial charge on any atom is 0.413 e. The second-order valence-corrected chi connectivity index (χ2v) is 8.68. The Morgan fingerprint density at radius 3 is 2.51 bits per heavy atom. The minimum atomic E-state index is -4.87. The number of anilines is 2. The van der Waals surface area contributed by atoms with Crippen LogP contribution in [0.5, 0.6) is 0 Å². The highest BCUT2D eigenvalue weighted by atomic mass is 35.5. The molecule has 0 bridgehead atoms. The van der Waals surface area contributed by atoms with Crippen LogP contribution in [0.1, 0.15) is 31.4 Å². The molecular formula is C22H19ClF3N7O4. The second kappa shape index (κ2) is 9.76. The van der Waals surface area contributed by atoms with Crippen LogP contribution in [0.4, 0.5) is 29.5 Å². The third kappa shape index (κ3) is 5.09. The smallest absolute Gasteiger partial charge is 0.413 e. The van der Waals surface area contributed by atoms with Crippen molar-refractivity contribution in [1.29, 1.82) is 0 Å². The predicted molar refractivity (Wildman–Crippen MR) is 123 cm³/mol. The number of rotatable bonds is 6. The third-order valence-electron chi connectivity index (χ3n) is 5.80. The van der Waals surface area contributed by atoms with Crippen molar-refractivity contribution in [2.75, 3.05) is 10.6 Å². The fraction of sp³-hybridized carbons (Fsp3) is 0.318. The van der Waals surface area contributed by atoms with Gasteiger partial charge in [0.25, 0.3) is 0 Å². The average molecular weight is 538 g/mol. The minimum absolute atomic E-state index is 0.0169. The maximum atomic E-state index is 13.4. The summed E-state index contributed by atoms with van der Waals surface area (Å²) in [6.07, 6.45) is -5.60. The number of carbonyl (C=O) groups is 3. The first-order valence-electron chi connectivity index (χ1n) is 10.8. The number of pyridine rings is 2. The van der Waals surface area contributed by atoms with Gasteiger partial charge in [0.1, 0.15) is 17.0 Å². The molecule has 1 aliphatic carbocycles. The molecule has 0 unspecified atom stereocenters. The summed E-state index contributed by atoms with van der Waals surface area (Å²) >= 11 is 6.03. The van der Waals surface area contributed by atoms with E-state index in [9.17, 15) is 27.6 Å². The summed E-state index contributed by atoms with van der Waals surface area (Å²) in [6, 6.07) is 6.00. The molecule has 2 amide bonds. The van der Waals surface area contributed by atoms with E-state index in [1.165, 1.54) is 30.1 Å². The monoisotopic (exact) mass is 537 g/mol. The highest BCUT2D eigenvalue weighted by molar-refractivity contribution is 6.30. The molecule has 3 aromatic rings. The van der Waals surface area contributed by atoms with Crippen LogP contribution in [0.2, 0.25) is 5.15 Å². The molecule has 1 aliphatic rings. The Bertz CT molecular complexity index is 1350. The molecule has 3 heterocycles. The van der Waals surface area contributed by atoms with Crippen molar-refractivity contribution in [3.05, 3.63) is 47.4 Å². The van der Waals surface area contributed by atoms with Crippen molar-refractivity contribution >= 4 is 40.9 Å². The highest BCUT2D eigenvalue weighted by Crippen LogP contribution is 2.51. The van der Waals surface area contributed by atoms with Crippen LogP contribution in [0.25, 0.3) is 11.4 Å². The molecule has 1 fully saturated rings. The number of hydrogen-bond acceptors (Lipinski definition) is 8. The highest BCUT2D eigenvalue weighted by Gasteiger charge is 2.67. The first-order valence-corrected chi connectivity index (χ1v) is 11.1. The van der Waals surface area contributed by atoms with Gasteiger partial charge in [-0.15, -0.1) is 5.10 Å². The summed E-state index contributed by atoms with van der Waals surface area (Å²) in [6.45, 7) is 1.61. The third-order valence-corrected chi connectivity index (χ3v) is 6.11. The van der Waals surface area contributed by atoms with Gasteiger partial charge in [-0.05, 0) is 25.1 Å². The summed E-state index contributed by atoms with van der Waals surface area (Å²) in [5, 5.41) is 12.7. The first-order chi connectivity index (χ1) is 17.4. The van der Waals surface area contributed by atoms with Crippen LogP contribution < -0.4 is 10.6 Å². The molecule has 2 N–H and O–H groups in total. The number of aromatic nitrogens is 5. The molecule has 37 heavy (non-hydrogen) atoms. The van der Waals surface area contributed by atoms with E-state index in [0.717, 1.165) is 6.20 Å². The number of ketones is 1. The molecular weight excluding hydrogens is 519 g/mol. The summed E-state index contributed by atoms with van der Waals surface area (Å²) in [5.41, 5.74) is -1.92. The van der Waals surface area contributed by atoms with E-state index in [1.807, 2.05) is 0 Å². The molecule has 4 rings (SSSR count). The molecule has 0 saturated heterocycles. The quantitative estimate of drug-likeness (QED) is 0.448. The number of hydrogen-bond donors (Lipinski definition) is 2. The SMILES string of the molecule is C[C@@H](OC(=O)Nc1c(-c2ccc(NC(=O)C3(C(F)(F)F)CC(=O)C3)cn2)nnn1C)c1cccnc1Cl. The lowest BCUT2D eigenvalue weighted by Crippen LogP contribution is -2.56. The zero-order chi connectivity index (χ0) is 27.0. The minimum Gasteiger partial charge on any atom is -0.441 e. The topological polar surface area (TPSA) is 141 Å². The van der Waals surface area contributed by atoms with Crippen molar-refractivity contribution in [3.63, 3.8) is 0 Å². The zero-order valence-electron chi connectivity index (χ0n) is 19.3. The number of aryl methyl sites for hydroxylation is 1. The van der Waals surface area contributed by atoms with Crippen LogP contribution in [0.15, 0.2) is 36.7 Å². The van der Waals surface area contributed by atoms with Gasteiger partial charge in [-0.25, -0.2) is 14.5 Å². The van der Waals surface area contributed by atoms with Crippen molar-refractivity contribution < 1.29 is 32.3 Å². The second-order valence-electron chi connectivity index (χ2n) is 8.32. The lowest BCUT2D eigenvalue weighted by atomic mass is 9.66. The van der Waals surface area contributed by atoms with Gasteiger partial charge in [-0.2, -0.15) is 13.2 Å². The van der Waals surface area contributed by atoms with Crippen LogP contribution in [-0.2, 0) is 21.4 Å². The molecule has 0 radical (unpaired) electrons. The van der Waals surface area contributed by atoms with Gasteiger partial charge < -0.3 is 10.1 Å². The molecule has 0 aromatic carbocycles. The number of amides is 2. The van der Waals surface area contributed by atoms with E-state index in [0.29, 0.717) is 5.56 Å². The Morgan fingerprint density at radius 1 is 1.19 bits per heavy atom. The summed E-state index contributed by atoms with van der Waals surface area (Å²) in [5.74, 6) is -1.84. The van der Waals surface area contributed by atoms with Gasteiger partial charge in [0.2, 0.25) is 5.91 Å².